The zero-order chi connectivity index (χ0) is 36.8. The van der Waals surface area contributed by atoms with Crippen molar-refractivity contribution in [3.63, 3.8) is 0 Å². The Morgan fingerprint density at radius 1 is 0.577 bits per heavy atom. The fourth-order valence-electron chi connectivity index (χ4n) is 9.47. The summed E-state index contributed by atoms with van der Waals surface area (Å²) in [6.07, 6.45) is 9.06. The van der Waals surface area contributed by atoms with Gasteiger partial charge in [-0.3, -0.25) is 0 Å². The molecule has 0 saturated heterocycles. The summed E-state index contributed by atoms with van der Waals surface area (Å²) in [5.74, 6) is 0. The van der Waals surface area contributed by atoms with Crippen LogP contribution in [0.3, 0.4) is 0 Å². The molecular formula is C49H64Cl2Hf. The fourth-order valence-corrected chi connectivity index (χ4v) is 33.4. The van der Waals surface area contributed by atoms with Gasteiger partial charge in [0.1, 0.15) is 0 Å². The molecule has 0 bridgehead atoms. The van der Waals surface area contributed by atoms with E-state index < -0.39 is 18.0 Å². The number of halogens is 2. The first-order chi connectivity index (χ1) is 23.0. The van der Waals surface area contributed by atoms with E-state index in [1.54, 1.807) is 6.65 Å². The summed E-state index contributed by atoms with van der Waals surface area (Å²) in [4.78, 5) is 0. The van der Waals surface area contributed by atoms with Gasteiger partial charge in [0.2, 0.25) is 0 Å². The first kappa shape index (κ1) is 42.4. The topological polar surface area (TPSA) is 0 Å². The molecule has 0 heterocycles. The van der Waals surface area contributed by atoms with E-state index in [2.05, 4.69) is 182 Å². The zero-order valence-corrected chi connectivity index (χ0v) is 39.7. The number of aryl methyl sites for hydroxylation is 1. The van der Waals surface area contributed by atoms with Gasteiger partial charge in [-0.2, -0.15) is 0 Å². The fraction of sp³-hybridized carbons (Fsp3) is 0.408. The van der Waals surface area contributed by atoms with Crippen LogP contribution in [0.5, 0.6) is 0 Å². The molecule has 0 radical (unpaired) electrons. The van der Waals surface area contributed by atoms with E-state index >= 15 is 0 Å². The van der Waals surface area contributed by atoms with Crippen LogP contribution in [0.25, 0.3) is 11.1 Å². The molecule has 2 aliphatic rings. The van der Waals surface area contributed by atoms with Crippen molar-refractivity contribution in [3.8, 4) is 11.1 Å². The molecule has 0 saturated carbocycles. The van der Waals surface area contributed by atoms with Gasteiger partial charge in [-0.05, 0) is 0 Å². The van der Waals surface area contributed by atoms with Crippen molar-refractivity contribution in [1.82, 2.24) is 0 Å². The van der Waals surface area contributed by atoms with Gasteiger partial charge in [0.25, 0.3) is 0 Å². The van der Waals surface area contributed by atoms with Crippen LogP contribution in [-0.2, 0) is 46.1 Å². The number of hydrogen-bond donors (Lipinski definition) is 0. The molecule has 2 aliphatic carbocycles. The van der Waals surface area contributed by atoms with Crippen molar-refractivity contribution < 1.29 is 18.0 Å². The van der Waals surface area contributed by atoms with E-state index in [1.165, 1.54) is 62.3 Å². The van der Waals surface area contributed by atoms with Crippen LogP contribution in [-0.4, -0.2) is 4.26 Å². The normalized spacial score (nSPS) is 14.7. The van der Waals surface area contributed by atoms with Crippen molar-refractivity contribution in [1.29, 1.82) is 0 Å². The third kappa shape index (κ3) is 6.68. The van der Waals surface area contributed by atoms with Crippen LogP contribution in [0.4, 0.5) is 0 Å². The average Bonchev–Trinajstić information content (AvgIpc) is 3.67. The van der Waals surface area contributed by atoms with Crippen molar-refractivity contribution in [3.05, 3.63) is 133 Å². The van der Waals surface area contributed by atoms with Gasteiger partial charge in [0, 0.05) is 0 Å². The first-order valence-corrected chi connectivity index (χ1v) is 28.6. The van der Waals surface area contributed by atoms with Gasteiger partial charge in [-0.15, -0.1) is 24.8 Å². The molecule has 0 aromatic heterocycles. The van der Waals surface area contributed by atoms with E-state index in [4.69, 9.17) is 4.26 Å². The Labute approximate surface area is 330 Å². The summed E-state index contributed by atoms with van der Waals surface area (Å²) >= 11 is -5.14. The molecule has 3 heteroatoms. The first-order valence-electron chi connectivity index (χ1n) is 18.9. The summed E-state index contributed by atoms with van der Waals surface area (Å²) < 4.78 is 11.9. The van der Waals surface area contributed by atoms with Gasteiger partial charge >= 0.3 is 308 Å². The van der Waals surface area contributed by atoms with E-state index in [0.29, 0.717) is 0 Å². The Kier molecular flexibility index (Phi) is 11.2. The summed E-state index contributed by atoms with van der Waals surface area (Å²) in [5.41, 5.74) is 14.5. The second kappa shape index (κ2) is 13.8. The molecule has 0 fully saturated rings. The Morgan fingerprint density at radius 2 is 1.04 bits per heavy atom. The van der Waals surface area contributed by atoms with Crippen LogP contribution >= 0.6 is 24.8 Å². The molecule has 0 spiro atoms. The predicted octanol–water partition coefficient (Wildman–Crippen LogP) is 12.1. The quantitative estimate of drug-likeness (QED) is 0.158. The average molecular weight is 902 g/mol. The molecule has 278 valence electrons. The van der Waals surface area contributed by atoms with Gasteiger partial charge in [-0.1, -0.05) is 0 Å². The Bertz CT molecular complexity index is 2070. The molecule has 0 N–H and O–H groups in total. The molecule has 0 amide bonds. The van der Waals surface area contributed by atoms with E-state index in [9.17, 15) is 0 Å². The van der Waals surface area contributed by atoms with Crippen LogP contribution < -0.4 is 9.96 Å². The zero-order valence-electron chi connectivity index (χ0n) is 34.5. The van der Waals surface area contributed by atoms with Crippen LogP contribution in [0.15, 0.2) is 88.3 Å². The standard InChI is InChI=1S/C23H29.2C10H13.C5H5.CH2.2ClH.Hf/c1-14-9-16-11-17-10-15(2)21(23(6,7)8)13-19(17)18(16)12-20(14)22(3,4)5;2*1-10(2,3)9-7-5-4-6-8-9;1-2-4-5-3-1;;;;/h9,12-13H,11H2,1-8H3;2*5-8H,1-3H3;1-3H,4H2;1H2;2*1H;. The number of fused-ring (bicyclic) bond motifs is 3. The second-order valence-electron chi connectivity index (χ2n) is 19.9. The molecule has 4 aromatic carbocycles. The Morgan fingerprint density at radius 3 is 1.44 bits per heavy atom. The summed E-state index contributed by atoms with van der Waals surface area (Å²) in [5, 5.41) is 0. The molecule has 4 aromatic rings. The molecule has 0 atom stereocenters. The molecule has 6 rings (SSSR count). The van der Waals surface area contributed by atoms with E-state index in [-0.39, 0.29) is 46.5 Å². The van der Waals surface area contributed by atoms with E-state index in [1.807, 2.05) is 0 Å². The molecule has 0 aliphatic heterocycles. The molecule has 0 nitrogen and oxygen atoms in total. The minimum absolute atomic E-state index is 0. The van der Waals surface area contributed by atoms with Gasteiger partial charge in [0.15, 0.2) is 0 Å². The third-order valence-electron chi connectivity index (χ3n) is 12.2. The Balaban J connectivity index is 0.00000302. The summed E-state index contributed by atoms with van der Waals surface area (Å²) in [7, 11) is 0. The van der Waals surface area contributed by atoms with Crippen molar-refractivity contribution >= 4 is 39.0 Å². The SMILES string of the molecule is Cl.Cl.[CH2]=[Hf]([C]1=CC=CC1)([c]1ccc(C(C)(C)C)cc1)([c]1ccc(C(C)(C)C)cc1)[c]1c(C)c(C(C)(C)C)cc2c1Cc1cc(C)c(C(C)(C)C)cc1-2. The summed E-state index contributed by atoms with van der Waals surface area (Å²) in [6, 6.07) is 27.3. The maximum absolute atomic E-state index is 5.89. The van der Waals surface area contributed by atoms with Gasteiger partial charge in [-0.25, -0.2) is 0 Å². The maximum atomic E-state index is 5.89. The van der Waals surface area contributed by atoms with Gasteiger partial charge in [0.05, 0.1) is 0 Å². The predicted molar refractivity (Wildman–Crippen MR) is 234 cm³/mol. The van der Waals surface area contributed by atoms with Crippen LogP contribution in [0.1, 0.15) is 134 Å². The van der Waals surface area contributed by atoms with Gasteiger partial charge < -0.3 is 0 Å². The molecular weight excluding hydrogens is 838 g/mol. The van der Waals surface area contributed by atoms with E-state index in [0.717, 1.165) is 12.8 Å². The minimum atomic E-state index is -5.14. The molecule has 52 heavy (non-hydrogen) atoms. The van der Waals surface area contributed by atoms with Crippen LogP contribution in [0, 0.1) is 13.8 Å². The second-order valence-corrected chi connectivity index (χ2v) is 38.6. The van der Waals surface area contributed by atoms with Crippen molar-refractivity contribution in [2.75, 3.05) is 0 Å². The monoisotopic (exact) mass is 902 g/mol. The number of hydrogen-bond acceptors (Lipinski definition) is 0. The molecule has 0 unspecified atom stereocenters. The number of allylic oxidation sites excluding steroid dienone is 4. The third-order valence-corrected chi connectivity index (χ3v) is 36.6. The number of rotatable bonds is 4. The van der Waals surface area contributed by atoms with Crippen molar-refractivity contribution in [2.24, 2.45) is 0 Å². The number of benzene rings is 4. The summed E-state index contributed by atoms with van der Waals surface area (Å²) in [6.45, 7) is 33.0. The Hall–Kier alpha value is -2.32. The van der Waals surface area contributed by atoms with Crippen molar-refractivity contribution in [2.45, 2.75) is 131 Å². The van der Waals surface area contributed by atoms with Crippen LogP contribution in [0.2, 0.25) is 0 Å².